The largest absolute Gasteiger partial charge is 0.305 e. The lowest BCUT2D eigenvalue weighted by Gasteiger charge is -2.08. The fourth-order valence-electron chi connectivity index (χ4n) is 1.75. The summed E-state index contributed by atoms with van der Waals surface area (Å²) in [5, 5.41) is 0. The number of benzene rings is 2. The zero-order valence-electron chi connectivity index (χ0n) is 22.7. The summed E-state index contributed by atoms with van der Waals surface area (Å²) >= 11 is 0. The summed E-state index contributed by atoms with van der Waals surface area (Å²) in [5.74, 6) is 0.981. The summed E-state index contributed by atoms with van der Waals surface area (Å²) in [6.45, 7) is 24.7. The van der Waals surface area contributed by atoms with Crippen LogP contribution in [0.2, 0.25) is 0 Å². The molecule has 190 valence electrons. The van der Waals surface area contributed by atoms with E-state index in [0.29, 0.717) is 12.8 Å². The summed E-state index contributed by atoms with van der Waals surface area (Å²) in [4.78, 5) is 0. The highest BCUT2D eigenvalue weighted by Gasteiger charge is 2.13. The molecule has 0 unspecified atom stereocenters. The van der Waals surface area contributed by atoms with Gasteiger partial charge >= 0.3 is 5.92 Å². The van der Waals surface area contributed by atoms with Gasteiger partial charge in [-0.05, 0) is 67.0 Å². The predicted molar refractivity (Wildman–Crippen MR) is 146 cm³/mol. The molecule has 0 aliphatic carbocycles. The SMILES string of the molecule is C#CC(C)(F)F.C#CCC.CC.CCC.[CH2]c1cc(F)ccc1C(C)C.[CH2]c1ccccc1C. The molecule has 0 fully saturated rings. The minimum absolute atomic E-state index is 0.209. The lowest BCUT2D eigenvalue weighted by molar-refractivity contribution is 0.0891. The molecule has 0 atom stereocenters. The molecule has 0 aromatic heterocycles. The van der Waals surface area contributed by atoms with Gasteiger partial charge in [0.05, 0.1) is 0 Å². The monoisotopic (exact) mass is 474 g/mol. The van der Waals surface area contributed by atoms with Gasteiger partial charge in [0.2, 0.25) is 0 Å². The van der Waals surface area contributed by atoms with Crippen LogP contribution >= 0.6 is 0 Å². The van der Waals surface area contributed by atoms with E-state index in [1.165, 1.54) is 30.0 Å². The van der Waals surface area contributed by atoms with Crippen LogP contribution in [0.1, 0.15) is 96.4 Å². The van der Waals surface area contributed by atoms with Crippen LogP contribution in [0.25, 0.3) is 0 Å². The van der Waals surface area contributed by atoms with Crippen LogP contribution in [0.5, 0.6) is 0 Å². The first-order valence-electron chi connectivity index (χ1n) is 11.6. The average Bonchev–Trinajstić information content (AvgIpc) is 2.78. The third-order valence-corrected chi connectivity index (χ3v) is 3.45. The Morgan fingerprint density at radius 3 is 1.59 bits per heavy atom. The number of aryl methyl sites for hydroxylation is 1. The van der Waals surface area contributed by atoms with Crippen molar-refractivity contribution in [2.75, 3.05) is 0 Å². The highest BCUT2D eigenvalue weighted by molar-refractivity contribution is 5.32. The Balaban J connectivity index is -0.000000174. The van der Waals surface area contributed by atoms with Gasteiger partial charge in [-0.3, -0.25) is 0 Å². The lowest BCUT2D eigenvalue weighted by Crippen LogP contribution is -2.02. The average molecular weight is 475 g/mol. The second kappa shape index (κ2) is 25.0. The Labute approximate surface area is 209 Å². The Morgan fingerprint density at radius 1 is 0.941 bits per heavy atom. The third kappa shape index (κ3) is 27.4. The Morgan fingerprint density at radius 2 is 1.35 bits per heavy atom. The van der Waals surface area contributed by atoms with Gasteiger partial charge in [-0.15, -0.1) is 18.8 Å². The van der Waals surface area contributed by atoms with Crippen LogP contribution in [0.3, 0.4) is 0 Å². The van der Waals surface area contributed by atoms with Crippen molar-refractivity contribution in [1.29, 1.82) is 0 Å². The van der Waals surface area contributed by atoms with E-state index in [2.05, 4.69) is 66.9 Å². The second-order valence-corrected chi connectivity index (χ2v) is 7.22. The molecule has 2 rings (SSSR count). The second-order valence-electron chi connectivity index (χ2n) is 7.22. The smallest absolute Gasteiger partial charge is 0.207 e. The van der Waals surface area contributed by atoms with Crippen molar-refractivity contribution >= 4 is 0 Å². The Hall–Kier alpha value is -2.65. The van der Waals surface area contributed by atoms with Crippen LogP contribution in [0, 0.1) is 51.3 Å². The normalized spacial score (nSPS) is 8.74. The number of halogens is 3. The van der Waals surface area contributed by atoms with Gasteiger partial charge in [0.25, 0.3) is 0 Å². The third-order valence-electron chi connectivity index (χ3n) is 3.45. The van der Waals surface area contributed by atoms with Gasteiger partial charge in [-0.2, -0.15) is 8.78 Å². The molecule has 0 aliphatic rings. The predicted octanol–water partition coefficient (Wildman–Crippen LogP) is 10.1. The summed E-state index contributed by atoms with van der Waals surface area (Å²) in [7, 11) is 0. The maximum Gasteiger partial charge on any atom is 0.305 e. The van der Waals surface area contributed by atoms with Gasteiger partial charge < -0.3 is 0 Å². The number of terminal acetylenes is 2. The molecule has 0 saturated heterocycles. The summed E-state index contributed by atoms with van der Waals surface area (Å²) in [6, 6.07) is 12.8. The molecule has 0 saturated carbocycles. The van der Waals surface area contributed by atoms with Crippen LogP contribution in [0.15, 0.2) is 42.5 Å². The van der Waals surface area contributed by atoms with Crippen LogP contribution < -0.4 is 0 Å². The van der Waals surface area contributed by atoms with Crippen molar-refractivity contribution in [3.63, 3.8) is 0 Å². The molecular weight excluding hydrogens is 429 g/mol. The number of hydrogen-bond donors (Lipinski definition) is 0. The number of alkyl halides is 2. The summed E-state index contributed by atoms with van der Waals surface area (Å²) in [5.41, 5.74) is 4.28. The van der Waals surface area contributed by atoms with E-state index in [9.17, 15) is 13.2 Å². The first-order chi connectivity index (χ1) is 15.8. The van der Waals surface area contributed by atoms with Crippen molar-refractivity contribution in [2.24, 2.45) is 0 Å². The molecule has 0 heterocycles. The molecule has 34 heavy (non-hydrogen) atoms. The minimum Gasteiger partial charge on any atom is -0.207 e. The van der Waals surface area contributed by atoms with Crippen LogP contribution in [-0.2, 0) is 0 Å². The fourth-order valence-corrected chi connectivity index (χ4v) is 1.75. The van der Waals surface area contributed by atoms with E-state index < -0.39 is 5.92 Å². The quantitative estimate of drug-likeness (QED) is 0.361. The molecule has 3 heteroatoms. The van der Waals surface area contributed by atoms with Gasteiger partial charge in [-0.25, -0.2) is 4.39 Å². The molecule has 0 N–H and O–H groups in total. The van der Waals surface area contributed by atoms with E-state index in [-0.39, 0.29) is 5.82 Å². The Bertz CT molecular complexity index is 780. The molecular formula is C31H45F3. The molecule has 0 aliphatic heterocycles. The van der Waals surface area contributed by atoms with Crippen molar-refractivity contribution in [3.8, 4) is 24.7 Å². The molecule has 2 aromatic carbocycles. The number of rotatable bonds is 1. The fraction of sp³-hybridized carbons (Fsp3) is 0.419. The highest BCUT2D eigenvalue weighted by Crippen LogP contribution is 2.19. The van der Waals surface area contributed by atoms with Crippen molar-refractivity contribution in [2.45, 2.75) is 87.0 Å². The van der Waals surface area contributed by atoms with E-state index in [1.54, 1.807) is 6.07 Å². The van der Waals surface area contributed by atoms with Gasteiger partial charge in [0.1, 0.15) is 5.82 Å². The van der Waals surface area contributed by atoms with Gasteiger partial charge in [0.15, 0.2) is 0 Å². The lowest BCUT2D eigenvalue weighted by atomic mass is 9.98. The topological polar surface area (TPSA) is 0 Å². The Kier molecular flexibility index (Phi) is 28.4. The molecule has 0 amide bonds. The number of hydrogen-bond acceptors (Lipinski definition) is 0. The molecule has 0 nitrogen and oxygen atoms in total. The standard InChI is InChI=1S/C10H12F.C8H9.C4H4F2.C4H6.C3H8.C2H6/c1-7(2)10-5-4-9(11)6-8(10)3;1-7-5-3-4-6-8(7)2;1-3-4(2,5)6;1-3-4-2;1-3-2;1-2/h4-7H,3H2,1-2H3;3-6H,1H2,2H3;1H,2H3;1H,4H2,2H3;3H2,1-2H3;1-2H3. The first kappa shape index (κ1) is 38.6. The van der Waals surface area contributed by atoms with E-state index >= 15 is 0 Å². The molecule has 0 bridgehead atoms. The van der Waals surface area contributed by atoms with E-state index in [1.807, 2.05) is 39.0 Å². The first-order valence-corrected chi connectivity index (χ1v) is 11.6. The summed E-state index contributed by atoms with van der Waals surface area (Å²) < 4.78 is 35.0. The zero-order chi connectivity index (χ0) is 27.7. The molecule has 0 spiro atoms. The maximum absolute atomic E-state index is 12.6. The zero-order valence-corrected chi connectivity index (χ0v) is 22.7. The highest BCUT2D eigenvalue weighted by atomic mass is 19.3. The van der Waals surface area contributed by atoms with Crippen molar-refractivity contribution in [3.05, 3.63) is 84.4 Å². The van der Waals surface area contributed by atoms with E-state index in [0.717, 1.165) is 23.1 Å². The molecule has 2 radical (unpaired) electrons. The van der Waals surface area contributed by atoms with Crippen LogP contribution in [-0.4, -0.2) is 5.92 Å². The van der Waals surface area contributed by atoms with Crippen molar-refractivity contribution in [1.82, 2.24) is 0 Å². The summed E-state index contributed by atoms with van der Waals surface area (Å²) in [6.07, 6.45) is 11.2. The molecule has 2 aromatic rings. The van der Waals surface area contributed by atoms with Crippen LogP contribution in [0.4, 0.5) is 13.2 Å². The maximum atomic E-state index is 12.6. The minimum atomic E-state index is -2.93. The van der Waals surface area contributed by atoms with Gasteiger partial charge in [-0.1, -0.05) is 85.2 Å². The van der Waals surface area contributed by atoms with E-state index in [4.69, 9.17) is 6.42 Å². The van der Waals surface area contributed by atoms with Gasteiger partial charge in [0, 0.05) is 13.3 Å². The van der Waals surface area contributed by atoms with Crippen molar-refractivity contribution < 1.29 is 13.2 Å².